The average Bonchev–Trinajstić information content (AvgIpc) is 2.41. The Morgan fingerprint density at radius 1 is 0.833 bits per heavy atom. The summed E-state index contributed by atoms with van der Waals surface area (Å²) in [7, 11) is -4.25. The first kappa shape index (κ1) is 23.4. The maximum absolute atomic E-state index is 12.1. The van der Waals surface area contributed by atoms with E-state index in [1.807, 2.05) is 0 Å². The number of unbranched alkanes of at least 4 members (excludes halogenated alkanes) is 4. The molecule has 5 nitrogen and oxygen atoms in total. The van der Waals surface area contributed by atoms with Gasteiger partial charge in [-0.25, -0.2) is 0 Å². The van der Waals surface area contributed by atoms with Gasteiger partial charge in [-0.3, -0.25) is 9.35 Å². The molecule has 0 aliphatic rings. The smallest absolute Gasteiger partial charge is 0.274 e. The van der Waals surface area contributed by atoms with Crippen molar-refractivity contribution in [3.8, 4) is 0 Å². The quantitative estimate of drug-likeness (QED) is 0.372. The molecule has 0 spiro atoms. The first-order chi connectivity index (χ1) is 11.1. The summed E-state index contributed by atoms with van der Waals surface area (Å²) in [5.74, 6) is 0.0852. The van der Waals surface area contributed by atoms with E-state index < -0.39 is 21.8 Å². The molecular weight excluding hydrogens is 326 g/mol. The lowest BCUT2D eigenvalue weighted by Gasteiger charge is -2.22. The number of hydrogen-bond donors (Lipinski definition) is 1. The summed E-state index contributed by atoms with van der Waals surface area (Å²) in [5, 5.41) is 0. The zero-order chi connectivity index (χ0) is 18.6. The molecule has 1 amide bonds. The van der Waals surface area contributed by atoms with Crippen molar-refractivity contribution < 1.29 is 17.8 Å². The average molecular weight is 364 g/mol. The van der Waals surface area contributed by atoms with Crippen molar-refractivity contribution in [2.45, 2.75) is 79.1 Å². The van der Waals surface area contributed by atoms with Gasteiger partial charge >= 0.3 is 0 Å². The molecule has 0 aliphatic heterocycles. The minimum atomic E-state index is -4.25. The minimum Gasteiger partial charge on any atom is -0.342 e. The molecule has 1 N–H and O–H groups in total. The predicted octanol–water partition coefficient (Wildman–Crippen LogP) is 4.14. The number of carbonyl (C=O) groups excluding carboxylic acids is 1. The second-order valence-electron chi connectivity index (χ2n) is 7.59. The molecule has 0 aromatic rings. The maximum atomic E-state index is 12.1. The summed E-state index contributed by atoms with van der Waals surface area (Å²) in [6, 6.07) is 0. The summed E-state index contributed by atoms with van der Waals surface area (Å²) in [6.07, 6.45) is 8.47. The highest BCUT2D eigenvalue weighted by Gasteiger charge is 2.19. The monoisotopic (exact) mass is 363 g/mol. The molecule has 0 atom stereocenters. The zero-order valence-electron chi connectivity index (χ0n) is 16.0. The predicted molar refractivity (Wildman–Crippen MR) is 99.6 cm³/mol. The van der Waals surface area contributed by atoms with E-state index in [0.29, 0.717) is 24.9 Å². The van der Waals surface area contributed by atoms with Gasteiger partial charge in [-0.15, -0.1) is 0 Å². The Balaban J connectivity index is 4.25. The molecule has 0 fully saturated rings. The molecule has 144 valence electrons. The van der Waals surface area contributed by atoms with E-state index in [1.165, 1.54) is 12.8 Å². The van der Waals surface area contributed by atoms with E-state index in [9.17, 15) is 13.2 Å². The van der Waals surface area contributed by atoms with E-state index in [0.717, 1.165) is 38.5 Å². The summed E-state index contributed by atoms with van der Waals surface area (Å²) < 4.78 is 30.8. The Kier molecular flexibility index (Phi) is 12.4. The van der Waals surface area contributed by atoms with Gasteiger partial charge in [0.25, 0.3) is 10.1 Å². The van der Waals surface area contributed by atoms with Crippen LogP contribution in [0, 0.1) is 11.8 Å². The molecule has 6 heteroatoms. The molecule has 24 heavy (non-hydrogen) atoms. The van der Waals surface area contributed by atoms with E-state index in [2.05, 4.69) is 27.7 Å². The number of nitrogens with zero attached hydrogens (tertiary/aromatic N) is 1. The van der Waals surface area contributed by atoms with Crippen LogP contribution in [-0.4, -0.2) is 42.6 Å². The van der Waals surface area contributed by atoms with Gasteiger partial charge in [0.15, 0.2) is 5.75 Å². The fraction of sp³-hybridized carbons (Fsp3) is 0.944. The topological polar surface area (TPSA) is 74.7 Å². The molecule has 0 bridgehead atoms. The first-order valence-electron chi connectivity index (χ1n) is 9.34. The van der Waals surface area contributed by atoms with Crippen molar-refractivity contribution in [2.75, 3.05) is 18.8 Å². The molecule has 0 rings (SSSR count). The normalized spacial score (nSPS) is 12.1. The van der Waals surface area contributed by atoms with Crippen molar-refractivity contribution in [2.24, 2.45) is 11.8 Å². The molecule has 0 aliphatic carbocycles. The molecule has 0 radical (unpaired) electrons. The van der Waals surface area contributed by atoms with Gasteiger partial charge in [-0.05, 0) is 24.7 Å². The van der Waals surface area contributed by atoms with Crippen LogP contribution in [0.3, 0.4) is 0 Å². The Hall–Kier alpha value is -0.620. The lowest BCUT2D eigenvalue weighted by molar-refractivity contribution is -0.128. The third-order valence-corrected chi connectivity index (χ3v) is 4.69. The molecule has 0 heterocycles. The number of amides is 1. The SMILES string of the molecule is CC(C)CCCCCN(CCCCCC(C)C)C(=O)CS(=O)(=O)O. The molecule has 0 saturated carbocycles. The van der Waals surface area contributed by atoms with Crippen LogP contribution in [0.1, 0.15) is 79.1 Å². The van der Waals surface area contributed by atoms with E-state index in [1.54, 1.807) is 4.90 Å². The molecule has 0 saturated heterocycles. The van der Waals surface area contributed by atoms with Crippen LogP contribution < -0.4 is 0 Å². The van der Waals surface area contributed by atoms with Gasteiger partial charge in [0.1, 0.15) is 0 Å². The van der Waals surface area contributed by atoms with Crippen LogP contribution >= 0.6 is 0 Å². The molecule has 0 aromatic carbocycles. The molecule has 0 unspecified atom stereocenters. The number of rotatable bonds is 14. The second kappa shape index (κ2) is 12.7. The van der Waals surface area contributed by atoms with Crippen LogP contribution in [-0.2, 0) is 14.9 Å². The van der Waals surface area contributed by atoms with Crippen molar-refractivity contribution in [3.63, 3.8) is 0 Å². The number of carbonyl (C=O) groups is 1. The Bertz CT molecular complexity index is 414. The van der Waals surface area contributed by atoms with Gasteiger partial charge in [0.2, 0.25) is 5.91 Å². The summed E-state index contributed by atoms with van der Waals surface area (Å²) in [4.78, 5) is 13.7. The van der Waals surface area contributed by atoms with Gasteiger partial charge < -0.3 is 4.90 Å². The second-order valence-corrected chi connectivity index (χ2v) is 9.05. The minimum absolute atomic E-state index is 0.481. The highest BCUT2D eigenvalue weighted by atomic mass is 32.2. The van der Waals surface area contributed by atoms with Crippen LogP contribution in [0.2, 0.25) is 0 Å². The van der Waals surface area contributed by atoms with Crippen molar-refractivity contribution >= 4 is 16.0 Å². The van der Waals surface area contributed by atoms with Crippen LogP contribution in [0.4, 0.5) is 0 Å². The van der Waals surface area contributed by atoms with Crippen molar-refractivity contribution in [1.29, 1.82) is 0 Å². The fourth-order valence-corrected chi connectivity index (χ4v) is 3.17. The van der Waals surface area contributed by atoms with Crippen LogP contribution in [0.5, 0.6) is 0 Å². The standard InChI is InChI=1S/C18H37NO4S/c1-16(2)11-7-5-9-13-19(18(20)15-24(21,22)23)14-10-6-8-12-17(3)4/h16-17H,5-15H2,1-4H3,(H,21,22,23). The first-order valence-corrected chi connectivity index (χ1v) is 11.0. The van der Waals surface area contributed by atoms with Gasteiger partial charge in [-0.1, -0.05) is 66.2 Å². The Morgan fingerprint density at radius 2 is 1.25 bits per heavy atom. The summed E-state index contributed by atoms with van der Waals surface area (Å²) in [5.41, 5.74) is 0. The zero-order valence-corrected chi connectivity index (χ0v) is 16.8. The van der Waals surface area contributed by atoms with E-state index in [4.69, 9.17) is 4.55 Å². The van der Waals surface area contributed by atoms with Crippen LogP contribution in [0.25, 0.3) is 0 Å². The number of hydrogen-bond acceptors (Lipinski definition) is 3. The van der Waals surface area contributed by atoms with Gasteiger partial charge in [0.05, 0.1) is 0 Å². The Labute approximate surface area is 148 Å². The largest absolute Gasteiger partial charge is 0.342 e. The highest BCUT2D eigenvalue weighted by Crippen LogP contribution is 2.11. The summed E-state index contributed by atoms with van der Waals surface area (Å²) in [6.45, 7) is 9.93. The van der Waals surface area contributed by atoms with Crippen LogP contribution in [0.15, 0.2) is 0 Å². The van der Waals surface area contributed by atoms with E-state index in [-0.39, 0.29) is 0 Å². The third kappa shape index (κ3) is 14.9. The molecular formula is C18H37NO4S. The fourth-order valence-electron chi connectivity index (χ4n) is 2.67. The lowest BCUT2D eigenvalue weighted by atomic mass is 10.0. The molecule has 0 aromatic heterocycles. The van der Waals surface area contributed by atoms with Gasteiger partial charge in [0, 0.05) is 13.1 Å². The highest BCUT2D eigenvalue weighted by molar-refractivity contribution is 7.86. The van der Waals surface area contributed by atoms with Crippen molar-refractivity contribution in [1.82, 2.24) is 4.90 Å². The Morgan fingerprint density at radius 3 is 1.58 bits per heavy atom. The summed E-state index contributed by atoms with van der Waals surface area (Å²) >= 11 is 0. The van der Waals surface area contributed by atoms with E-state index >= 15 is 0 Å². The maximum Gasteiger partial charge on any atom is 0.274 e. The van der Waals surface area contributed by atoms with Gasteiger partial charge in [-0.2, -0.15) is 8.42 Å². The third-order valence-electron chi connectivity index (χ3n) is 4.08. The lowest BCUT2D eigenvalue weighted by Crippen LogP contribution is -2.37. The van der Waals surface area contributed by atoms with Crippen molar-refractivity contribution in [3.05, 3.63) is 0 Å².